The molecule has 11 heteroatoms. The van der Waals surface area contributed by atoms with Gasteiger partial charge in [0.2, 0.25) is 5.91 Å². The van der Waals surface area contributed by atoms with Crippen LogP contribution >= 0.6 is 0 Å². The van der Waals surface area contributed by atoms with Crippen LogP contribution in [-0.4, -0.2) is 84.5 Å². The summed E-state index contributed by atoms with van der Waals surface area (Å²) in [7, 11) is 0. The van der Waals surface area contributed by atoms with Gasteiger partial charge in [-0.1, -0.05) is 13.8 Å². The topological polar surface area (TPSA) is 114 Å². The second kappa shape index (κ2) is 9.76. The molecule has 2 fully saturated rings. The number of benzene rings is 1. The fraction of sp³-hybridized carbons (Fsp3) is 0.640. The number of rotatable bonds is 3. The molecule has 1 N–H and O–H groups in total. The summed E-state index contributed by atoms with van der Waals surface area (Å²) in [4.78, 5) is 31.1. The molecule has 0 saturated carbocycles. The summed E-state index contributed by atoms with van der Waals surface area (Å²) in [6.45, 7) is 10.3. The lowest BCUT2D eigenvalue weighted by atomic mass is 9.78. The summed E-state index contributed by atoms with van der Waals surface area (Å²) < 4.78 is 18.8. The normalized spacial score (nSPS) is 23.0. The molecule has 2 saturated heterocycles. The standard InChI is InChI=1S/C25H35FN6O4/c1-24(2,3)36-23(35)31-15-25(4,5)20(33)14-19(31)22(34)30-12-10-16(11-13-30)21-27-29-32(28-21)18-8-6-17(26)7-9-18/h6-9,16,19-20,33H,10-15H2,1-5H3/t19-,20+/m0/s1. The van der Waals surface area contributed by atoms with Crippen LogP contribution in [0, 0.1) is 11.2 Å². The number of carbonyl (C=O) groups is 2. The average Bonchev–Trinajstić information content (AvgIpc) is 3.30. The molecule has 10 nitrogen and oxygen atoms in total. The number of aromatic nitrogens is 4. The Bertz CT molecular complexity index is 1090. The van der Waals surface area contributed by atoms with Gasteiger partial charge in [-0.15, -0.1) is 15.0 Å². The van der Waals surface area contributed by atoms with Gasteiger partial charge in [0, 0.05) is 37.4 Å². The maximum absolute atomic E-state index is 13.5. The summed E-state index contributed by atoms with van der Waals surface area (Å²) in [6.07, 6.45) is 0.200. The highest BCUT2D eigenvalue weighted by molar-refractivity contribution is 5.86. The van der Waals surface area contributed by atoms with E-state index in [1.165, 1.54) is 21.8 Å². The molecular formula is C25H35FN6O4. The van der Waals surface area contributed by atoms with Crippen molar-refractivity contribution in [1.82, 2.24) is 30.0 Å². The van der Waals surface area contributed by atoms with Crippen LogP contribution < -0.4 is 0 Å². The van der Waals surface area contributed by atoms with Crippen molar-refractivity contribution in [1.29, 1.82) is 0 Å². The second-order valence-corrected chi connectivity index (χ2v) is 11.4. The van der Waals surface area contributed by atoms with Crippen molar-refractivity contribution in [3.8, 4) is 5.69 Å². The van der Waals surface area contributed by atoms with Gasteiger partial charge in [-0.25, -0.2) is 9.18 Å². The summed E-state index contributed by atoms with van der Waals surface area (Å²) >= 11 is 0. The third kappa shape index (κ3) is 5.66. The molecular weight excluding hydrogens is 467 g/mol. The summed E-state index contributed by atoms with van der Waals surface area (Å²) in [6, 6.07) is 5.06. The number of hydrogen-bond donors (Lipinski definition) is 1. The molecule has 1 aromatic heterocycles. The van der Waals surface area contributed by atoms with Crippen LogP contribution in [0.25, 0.3) is 5.69 Å². The Balaban J connectivity index is 1.42. The fourth-order valence-electron chi connectivity index (χ4n) is 4.70. The molecule has 1 aromatic carbocycles. The average molecular weight is 503 g/mol. The van der Waals surface area contributed by atoms with Crippen LogP contribution in [-0.2, 0) is 9.53 Å². The van der Waals surface area contributed by atoms with E-state index in [0.717, 1.165) is 0 Å². The van der Waals surface area contributed by atoms with E-state index in [-0.39, 0.29) is 30.6 Å². The molecule has 3 heterocycles. The number of piperidine rings is 2. The minimum Gasteiger partial charge on any atom is -0.444 e. The van der Waals surface area contributed by atoms with E-state index in [9.17, 15) is 19.1 Å². The number of ether oxygens (including phenoxy) is 1. The number of nitrogens with zero attached hydrogens (tertiary/aromatic N) is 6. The van der Waals surface area contributed by atoms with Crippen molar-refractivity contribution in [2.24, 2.45) is 5.41 Å². The smallest absolute Gasteiger partial charge is 0.410 e. The molecule has 0 bridgehead atoms. The van der Waals surface area contributed by atoms with Gasteiger partial charge >= 0.3 is 6.09 Å². The van der Waals surface area contributed by atoms with Gasteiger partial charge in [-0.05, 0) is 63.1 Å². The molecule has 2 aromatic rings. The Morgan fingerprint density at radius 1 is 1.14 bits per heavy atom. The zero-order chi connectivity index (χ0) is 26.3. The number of aliphatic hydroxyl groups is 1. The van der Waals surface area contributed by atoms with Crippen LogP contribution in [0.4, 0.5) is 9.18 Å². The lowest BCUT2D eigenvalue weighted by Crippen LogP contribution is -2.61. The predicted octanol–water partition coefficient (Wildman–Crippen LogP) is 2.90. The highest BCUT2D eigenvalue weighted by Crippen LogP contribution is 2.35. The van der Waals surface area contributed by atoms with Gasteiger partial charge in [-0.2, -0.15) is 0 Å². The summed E-state index contributed by atoms with van der Waals surface area (Å²) in [5.74, 6) is 0.0879. The van der Waals surface area contributed by atoms with Crippen molar-refractivity contribution < 1.29 is 23.8 Å². The van der Waals surface area contributed by atoms with E-state index in [1.807, 2.05) is 13.8 Å². The number of carbonyl (C=O) groups excluding carboxylic acids is 2. The molecule has 0 unspecified atom stereocenters. The Morgan fingerprint density at radius 2 is 1.78 bits per heavy atom. The molecule has 36 heavy (non-hydrogen) atoms. The molecule has 4 rings (SSSR count). The zero-order valence-corrected chi connectivity index (χ0v) is 21.5. The first-order valence-corrected chi connectivity index (χ1v) is 12.4. The Hall–Kier alpha value is -3.08. The van der Waals surface area contributed by atoms with Crippen LogP contribution in [0.2, 0.25) is 0 Å². The maximum atomic E-state index is 13.5. The molecule has 2 amide bonds. The van der Waals surface area contributed by atoms with Gasteiger partial charge in [0.1, 0.15) is 17.5 Å². The number of tetrazole rings is 1. The quantitative estimate of drug-likeness (QED) is 0.687. The first-order chi connectivity index (χ1) is 16.8. The van der Waals surface area contributed by atoms with Crippen LogP contribution in [0.3, 0.4) is 0 Å². The molecule has 0 radical (unpaired) electrons. The number of amides is 2. The minimum absolute atomic E-state index is 0.0288. The molecule has 2 aliphatic rings. The maximum Gasteiger partial charge on any atom is 0.410 e. The fourth-order valence-corrected chi connectivity index (χ4v) is 4.70. The minimum atomic E-state index is -0.781. The lowest BCUT2D eigenvalue weighted by Gasteiger charge is -2.47. The first-order valence-electron chi connectivity index (χ1n) is 12.4. The third-order valence-corrected chi connectivity index (χ3v) is 6.87. The van der Waals surface area contributed by atoms with Gasteiger partial charge < -0.3 is 14.7 Å². The molecule has 0 aliphatic carbocycles. The molecule has 2 aliphatic heterocycles. The van der Waals surface area contributed by atoms with Crippen molar-refractivity contribution >= 4 is 12.0 Å². The molecule has 196 valence electrons. The third-order valence-electron chi connectivity index (χ3n) is 6.87. The van der Waals surface area contributed by atoms with E-state index in [2.05, 4.69) is 15.4 Å². The van der Waals surface area contributed by atoms with Crippen LogP contribution in [0.1, 0.15) is 65.6 Å². The van der Waals surface area contributed by atoms with Crippen molar-refractivity contribution in [3.05, 3.63) is 35.9 Å². The second-order valence-electron chi connectivity index (χ2n) is 11.4. The first kappa shape index (κ1) is 26.0. The Labute approximate surface area is 210 Å². The lowest BCUT2D eigenvalue weighted by molar-refractivity contribution is -0.145. The molecule has 0 spiro atoms. The molecule has 2 atom stereocenters. The van der Waals surface area contributed by atoms with Crippen LogP contribution in [0.15, 0.2) is 24.3 Å². The van der Waals surface area contributed by atoms with Crippen molar-refractivity contribution in [2.75, 3.05) is 19.6 Å². The zero-order valence-electron chi connectivity index (χ0n) is 21.5. The van der Waals surface area contributed by atoms with E-state index in [0.29, 0.717) is 37.4 Å². The Morgan fingerprint density at radius 3 is 2.39 bits per heavy atom. The number of aliphatic hydroxyl groups excluding tert-OH is 1. The summed E-state index contributed by atoms with van der Waals surface area (Å²) in [5, 5.41) is 23.4. The largest absolute Gasteiger partial charge is 0.444 e. The van der Waals surface area contributed by atoms with Gasteiger partial charge in [-0.3, -0.25) is 9.69 Å². The highest BCUT2D eigenvalue weighted by Gasteiger charge is 2.47. The predicted molar refractivity (Wildman–Crippen MR) is 129 cm³/mol. The number of halogens is 1. The number of likely N-dealkylation sites (tertiary alicyclic amines) is 2. The van der Waals surface area contributed by atoms with Crippen molar-refractivity contribution in [3.63, 3.8) is 0 Å². The van der Waals surface area contributed by atoms with Crippen molar-refractivity contribution in [2.45, 2.75) is 77.5 Å². The number of hydrogen-bond acceptors (Lipinski definition) is 7. The summed E-state index contributed by atoms with van der Waals surface area (Å²) in [5.41, 5.74) is -0.631. The van der Waals surface area contributed by atoms with E-state index < -0.39 is 29.3 Å². The highest BCUT2D eigenvalue weighted by atomic mass is 19.1. The van der Waals surface area contributed by atoms with E-state index in [1.54, 1.807) is 37.8 Å². The SMILES string of the molecule is CC(C)(C)OC(=O)N1CC(C)(C)[C@H](O)C[C@H]1C(=O)N1CCC(c2nnn(-c3ccc(F)cc3)n2)CC1. The van der Waals surface area contributed by atoms with Crippen LogP contribution in [0.5, 0.6) is 0 Å². The Kier molecular flexibility index (Phi) is 7.05. The van der Waals surface area contributed by atoms with E-state index in [4.69, 9.17) is 4.74 Å². The van der Waals surface area contributed by atoms with E-state index >= 15 is 0 Å². The monoisotopic (exact) mass is 502 g/mol. The van der Waals surface area contributed by atoms with Gasteiger partial charge in [0.15, 0.2) is 5.82 Å². The van der Waals surface area contributed by atoms with Gasteiger partial charge in [0.05, 0.1) is 11.8 Å². The van der Waals surface area contributed by atoms with Gasteiger partial charge in [0.25, 0.3) is 0 Å².